The number of hydrogen-bond acceptors (Lipinski definition) is 5. The summed E-state index contributed by atoms with van der Waals surface area (Å²) in [5, 5.41) is 23.3. The van der Waals surface area contributed by atoms with Gasteiger partial charge >= 0.3 is 0 Å². The molecule has 2 N–H and O–H groups in total. The molecule has 1 aliphatic rings. The molecule has 0 spiro atoms. The minimum absolute atomic E-state index is 0.0650. The maximum atomic E-state index is 11.0. The number of carbonyl (C=O) groups excluding carboxylic acids is 1. The molecule has 0 aliphatic carbocycles. The van der Waals surface area contributed by atoms with E-state index in [1.54, 1.807) is 0 Å². The molecule has 6 nitrogen and oxygen atoms in total. The molecule has 0 aromatic heterocycles. The molecule has 0 radical (unpaired) electrons. The zero-order chi connectivity index (χ0) is 12.4. The first kappa shape index (κ1) is 11.5. The van der Waals surface area contributed by atoms with Crippen molar-refractivity contribution in [2.24, 2.45) is 0 Å². The molecule has 1 fully saturated rings. The van der Waals surface area contributed by atoms with Crippen LogP contribution in [0.25, 0.3) is 6.08 Å². The number of carbonyl (C=O) groups is 1. The maximum absolute atomic E-state index is 11.0. The Kier molecular flexibility index (Phi) is 3.01. The Morgan fingerprint density at radius 2 is 2.29 bits per heavy atom. The number of nitro groups is 1. The molecule has 1 saturated heterocycles. The highest BCUT2D eigenvalue weighted by Gasteiger charge is 2.16. The van der Waals surface area contributed by atoms with E-state index in [0.717, 1.165) is 0 Å². The van der Waals surface area contributed by atoms with Gasteiger partial charge in [0.05, 0.1) is 15.7 Å². The topological polar surface area (TPSA) is 92.5 Å². The molecule has 1 aromatic carbocycles. The van der Waals surface area contributed by atoms with Crippen molar-refractivity contribution in [3.05, 3.63) is 38.9 Å². The van der Waals surface area contributed by atoms with Crippen LogP contribution in [0.5, 0.6) is 5.75 Å². The van der Waals surface area contributed by atoms with Crippen molar-refractivity contribution in [3.8, 4) is 5.75 Å². The molecule has 7 heteroatoms. The standard InChI is InChI=1S/C10H8N2O4S/c13-8-2-1-7(12(15)16)3-6(8)4-10-11-9(14)5-17-10/h1-4,13H,5H2,(H,11,14). The molecule has 1 aromatic rings. The van der Waals surface area contributed by atoms with E-state index in [0.29, 0.717) is 16.3 Å². The molecule has 2 rings (SSSR count). The van der Waals surface area contributed by atoms with Crippen LogP contribution in [0.15, 0.2) is 23.2 Å². The average Bonchev–Trinajstić information content (AvgIpc) is 2.67. The average molecular weight is 252 g/mol. The van der Waals surface area contributed by atoms with Crippen molar-refractivity contribution < 1.29 is 14.8 Å². The highest BCUT2D eigenvalue weighted by atomic mass is 32.2. The number of amides is 1. The number of nitro benzene ring substituents is 1. The third-order valence-corrected chi connectivity index (χ3v) is 3.07. The fraction of sp³-hybridized carbons (Fsp3) is 0.100. The first-order chi connectivity index (χ1) is 8.06. The Morgan fingerprint density at radius 3 is 2.88 bits per heavy atom. The highest BCUT2D eigenvalue weighted by Crippen LogP contribution is 2.28. The fourth-order valence-corrected chi connectivity index (χ4v) is 2.10. The minimum atomic E-state index is -0.540. The number of thioether (sulfide) groups is 1. The Morgan fingerprint density at radius 1 is 1.53 bits per heavy atom. The Balaban J connectivity index is 2.34. The molecule has 0 saturated carbocycles. The van der Waals surface area contributed by atoms with Gasteiger partial charge < -0.3 is 10.4 Å². The zero-order valence-corrected chi connectivity index (χ0v) is 9.36. The lowest BCUT2D eigenvalue weighted by atomic mass is 10.2. The number of benzene rings is 1. The summed E-state index contributed by atoms with van der Waals surface area (Å²) in [6, 6.07) is 3.73. The van der Waals surface area contributed by atoms with Crippen molar-refractivity contribution in [2.45, 2.75) is 0 Å². The molecule has 1 heterocycles. The molecule has 0 bridgehead atoms. The quantitative estimate of drug-likeness (QED) is 0.614. The van der Waals surface area contributed by atoms with Crippen LogP contribution in [0.3, 0.4) is 0 Å². The maximum Gasteiger partial charge on any atom is 0.270 e. The second-order valence-electron chi connectivity index (χ2n) is 3.35. The minimum Gasteiger partial charge on any atom is -0.507 e. The van der Waals surface area contributed by atoms with Crippen molar-refractivity contribution in [2.75, 3.05) is 5.75 Å². The van der Waals surface area contributed by atoms with Gasteiger partial charge in [0.25, 0.3) is 5.69 Å². The second-order valence-corrected chi connectivity index (χ2v) is 4.36. The lowest BCUT2D eigenvalue weighted by Gasteiger charge is -2.01. The second kappa shape index (κ2) is 4.46. The molecule has 88 valence electrons. The summed E-state index contributed by atoms with van der Waals surface area (Å²) in [5.41, 5.74) is 0.202. The Hall–Kier alpha value is -2.02. The zero-order valence-electron chi connectivity index (χ0n) is 8.54. The van der Waals surface area contributed by atoms with Crippen LogP contribution in [0, 0.1) is 10.1 Å². The lowest BCUT2D eigenvalue weighted by Crippen LogP contribution is -2.13. The van der Waals surface area contributed by atoms with Gasteiger partial charge in [-0.1, -0.05) is 11.8 Å². The van der Waals surface area contributed by atoms with E-state index < -0.39 is 4.92 Å². The van der Waals surface area contributed by atoms with Crippen molar-refractivity contribution in [3.63, 3.8) is 0 Å². The molecule has 1 amide bonds. The molecule has 17 heavy (non-hydrogen) atoms. The summed E-state index contributed by atoms with van der Waals surface area (Å²) in [7, 11) is 0. The van der Waals surface area contributed by atoms with Gasteiger partial charge in [-0.2, -0.15) is 0 Å². The lowest BCUT2D eigenvalue weighted by molar-refractivity contribution is -0.384. The van der Waals surface area contributed by atoms with E-state index in [2.05, 4.69) is 5.32 Å². The number of nitrogens with one attached hydrogen (secondary N) is 1. The normalized spacial score (nSPS) is 17.2. The van der Waals surface area contributed by atoms with E-state index in [4.69, 9.17) is 0 Å². The summed E-state index contributed by atoms with van der Waals surface area (Å²) >= 11 is 1.29. The number of non-ortho nitro benzene ring substituents is 1. The van der Waals surface area contributed by atoms with Gasteiger partial charge in [-0.3, -0.25) is 14.9 Å². The van der Waals surface area contributed by atoms with Crippen LogP contribution >= 0.6 is 11.8 Å². The third kappa shape index (κ3) is 2.56. The van der Waals surface area contributed by atoms with Crippen LogP contribution in [0.1, 0.15) is 5.56 Å². The number of nitrogens with zero attached hydrogens (tertiary/aromatic N) is 1. The van der Waals surface area contributed by atoms with Crippen molar-refractivity contribution >= 4 is 29.4 Å². The SMILES string of the molecule is O=C1CSC(=Cc2cc([N+](=O)[O-])ccc2O)N1. The number of hydrogen-bond donors (Lipinski definition) is 2. The molecule has 1 aliphatic heterocycles. The fourth-order valence-electron chi connectivity index (χ4n) is 1.34. The van der Waals surface area contributed by atoms with Gasteiger partial charge in [-0.15, -0.1) is 0 Å². The van der Waals surface area contributed by atoms with Gasteiger partial charge in [0.1, 0.15) is 5.75 Å². The number of phenols is 1. The summed E-state index contributed by atoms with van der Waals surface area (Å²) in [5.74, 6) is 0.137. The summed E-state index contributed by atoms with van der Waals surface area (Å²) in [6.07, 6.45) is 1.51. The summed E-state index contributed by atoms with van der Waals surface area (Å²) < 4.78 is 0. The largest absolute Gasteiger partial charge is 0.507 e. The number of rotatable bonds is 2. The number of aromatic hydroxyl groups is 1. The number of phenolic OH excluding ortho intramolecular Hbond substituents is 1. The smallest absolute Gasteiger partial charge is 0.270 e. The molecular weight excluding hydrogens is 244 g/mol. The Bertz CT molecular complexity index is 527. The van der Waals surface area contributed by atoms with Gasteiger partial charge in [-0.25, -0.2) is 0 Å². The van der Waals surface area contributed by atoms with Crippen molar-refractivity contribution in [1.82, 2.24) is 5.32 Å². The van der Waals surface area contributed by atoms with Crippen molar-refractivity contribution in [1.29, 1.82) is 0 Å². The van der Waals surface area contributed by atoms with E-state index in [1.165, 1.54) is 36.0 Å². The van der Waals surface area contributed by atoms with Crippen LogP contribution in [0.4, 0.5) is 5.69 Å². The van der Waals surface area contributed by atoms with Crippen LogP contribution in [-0.4, -0.2) is 21.7 Å². The van der Waals surface area contributed by atoms with E-state index in [-0.39, 0.29) is 17.3 Å². The first-order valence-corrected chi connectivity index (χ1v) is 5.66. The summed E-state index contributed by atoms with van der Waals surface area (Å²) in [6.45, 7) is 0. The van der Waals surface area contributed by atoms with Gasteiger partial charge in [0.2, 0.25) is 5.91 Å². The van der Waals surface area contributed by atoms with Crippen LogP contribution in [-0.2, 0) is 4.79 Å². The summed E-state index contributed by atoms with van der Waals surface area (Å²) in [4.78, 5) is 21.0. The van der Waals surface area contributed by atoms with E-state index in [1.807, 2.05) is 0 Å². The van der Waals surface area contributed by atoms with Crippen LogP contribution in [0.2, 0.25) is 0 Å². The molecule has 0 atom stereocenters. The predicted molar refractivity (Wildman–Crippen MR) is 63.3 cm³/mol. The molecular formula is C10H8N2O4S. The molecule has 0 unspecified atom stereocenters. The monoisotopic (exact) mass is 252 g/mol. The highest BCUT2D eigenvalue weighted by molar-refractivity contribution is 8.04. The Labute approximate surface area is 100 Å². The van der Waals surface area contributed by atoms with Gasteiger partial charge in [0.15, 0.2) is 0 Å². The van der Waals surface area contributed by atoms with E-state index in [9.17, 15) is 20.0 Å². The third-order valence-electron chi connectivity index (χ3n) is 2.13. The van der Waals surface area contributed by atoms with Crippen LogP contribution < -0.4 is 5.32 Å². The predicted octanol–water partition coefficient (Wildman–Crippen LogP) is 1.46. The van der Waals surface area contributed by atoms with Gasteiger partial charge in [0, 0.05) is 17.7 Å². The van der Waals surface area contributed by atoms with E-state index >= 15 is 0 Å². The first-order valence-electron chi connectivity index (χ1n) is 4.68. The van der Waals surface area contributed by atoms with Gasteiger partial charge in [-0.05, 0) is 12.1 Å².